The standard InChI is InChI=1S/C10H12ClF/c1-7(8(2)11)9-3-5-10(12)6-4-9/h3-8H,1-2H3. The minimum atomic E-state index is -0.201. The summed E-state index contributed by atoms with van der Waals surface area (Å²) in [6.07, 6.45) is 0. The second-order valence-corrected chi connectivity index (χ2v) is 3.71. The summed E-state index contributed by atoms with van der Waals surface area (Å²) in [5, 5.41) is 0.0791. The Morgan fingerprint density at radius 1 is 1.17 bits per heavy atom. The van der Waals surface area contributed by atoms with Gasteiger partial charge >= 0.3 is 0 Å². The third kappa shape index (κ3) is 2.21. The van der Waals surface area contributed by atoms with Crippen LogP contribution in [0.4, 0.5) is 4.39 Å². The number of hydrogen-bond donors (Lipinski definition) is 0. The Morgan fingerprint density at radius 2 is 1.67 bits per heavy atom. The molecule has 1 aromatic rings. The molecular weight excluding hydrogens is 175 g/mol. The van der Waals surface area contributed by atoms with Crippen molar-refractivity contribution >= 4 is 11.6 Å². The van der Waals surface area contributed by atoms with Crippen LogP contribution in [-0.4, -0.2) is 5.38 Å². The van der Waals surface area contributed by atoms with Crippen LogP contribution in [0.5, 0.6) is 0 Å². The average Bonchev–Trinajstić information content (AvgIpc) is 2.04. The second-order valence-electron chi connectivity index (χ2n) is 3.02. The van der Waals surface area contributed by atoms with E-state index < -0.39 is 0 Å². The molecule has 0 saturated carbocycles. The summed E-state index contributed by atoms with van der Waals surface area (Å²) < 4.78 is 12.5. The minimum Gasteiger partial charge on any atom is -0.207 e. The number of alkyl halides is 1. The zero-order chi connectivity index (χ0) is 9.14. The fourth-order valence-corrected chi connectivity index (χ4v) is 1.18. The molecular formula is C10H12ClF. The Labute approximate surface area is 77.4 Å². The number of halogens is 2. The molecule has 0 heterocycles. The summed E-state index contributed by atoms with van der Waals surface area (Å²) in [6, 6.07) is 6.48. The molecule has 2 unspecified atom stereocenters. The van der Waals surface area contributed by atoms with Crippen molar-refractivity contribution < 1.29 is 4.39 Å². The summed E-state index contributed by atoms with van der Waals surface area (Å²) in [4.78, 5) is 0. The summed E-state index contributed by atoms with van der Waals surface area (Å²) >= 11 is 5.91. The summed E-state index contributed by atoms with van der Waals surface area (Å²) in [5.41, 5.74) is 1.08. The lowest BCUT2D eigenvalue weighted by Gasteiger charge is -2.13. The first-order chi connectivity index (χ1) is 5.61. The minimum absolute atomic E-state index is 0.0791. The molecule has 0 N–H and O–H groups in total. The first kappa shape index (κ1) is 9.53. The quantitative estimate of drug-likeness (QED) is 0.620. The van der Waals surface area contributed by atoms with Crippen LogP contribution in [0, 0.1) is 5.82 Å². The summed E-state index contributed by atoms with van der Waals surface area (Å²) in [5.74, 6) is 0.0699. The van der Waals surface area contributed by atoms with Crippen LogP contribution in [0.3, 0.4) is 0 Å². The van der Waals surface area contributed by atoms with Gasteiger partial charge in [0.1, 0.15) is 5.82 Å². The van der Waals surface area contributed by atoms with Crippen molar-refractivity contribution in [1.82, 2.24) is 0 Å². The predicted octanol–water partition coefficient (Wildman–Crippen LogP) is 3.56. The van der Waals surface area contributed by atoms with Crippen molar-refractivity contribution in [3.05, 3.63) is 35.6 Å². The second kappa shape index (κ2) is 3.90. The Morgan fingerprint density at radius 3 is 2.08 bits per heavy atom. The molecule has 1 aromatic carbocycles. The highest BCUT2D eigenvalue weighted by atomic mass is 35.5. The van der Waals surface area contributed by atoms with E-state index in [4.69, 9.17) is 11.6 Å². The van der Waals surface area contributed by atoms with Gasteiger partial charge < -0.3 is 0 Å². The zero-order valence-corrected chi connectivity index (χ0v) is 7.98. The van der Waals surface area contributed by atoms with Gasteiger partial charge in [0.15, 0.2) is 0 Å². The van der Waals surface area contributed by atoms with Crippen molar-refractivity contribution in [2.45, 2.75) is 25.1 Å². The molecule has 2 heteroatoms. The monoisotopic (exact) mass is 186 g/mol. The molecule has 66 valence electrons. The van der Waals surface area contributed by atoms with Gasteiger partial charge in [0, 0.05) is 5.38 Å². The molecule has 0 aromatic heterocycles. The van der Waals surface area contributed by atoms with Crippen molar-refractivity contribution in [3.8, 4) is 0 Å². The third-order valence-corrected chi connectivity index (χ3v) is 2.46. The molecule has 2 atom stereocenters. The molecule has 12 heavy (non-hydrogen) atoms. The Kier molecular flexibility index (Phi) is 3.10. The highest BCUT2D eigenvalue weighted by Crippen LogP contribution is 2.22. The van der Waals surface area contributed by atoms with Gasteiger partial charge in [-0.1, -0.05) is 19.1 Å². The van der Waals surface area contributed by atoms with Crippen molar-refractivity contribution in [2.75, 3.05) is 0 Å². The lowest BCUT2D eigenvalue weighted by atomic mass is 9.98. The van der Waals surface area contributed by atoms with Gasteiger partial charge in [-0.2, -0.15) is 0 Å². The van der Waals surface area contributed by atoms with Crippen LogP contribution in [0.1, 0.15) is 25.3 Å². The highest BCUT2D eigenvalue weighted by Gasteiger charge is 2.10. The summed E-state index contributed by atoms with van der Waals surface area (Å²) in [7, 11) is 0. The zero-order valence-electron chi connectivity index (χ0n) is 7.22. The van der Waals surface area contributed by atoms with E-state index in [9.17, 15) is 4.39 Å². The molecule has 0 aliphatic carbocycles. The van der Waals surface area contributed by atoms with Crippen LogP contribution in [0.2, 0.25) is 0 Å². The largest absolute Gasteiger partial charge is 0.207 e. The van der Waals surface area contributed by atoms with E-state index >= 15 is 0 Å². The van der Waals surface area contributed by atoms with E-state index in [0.29, 0.717) is 0 Å². The number of rotatable bonds is 2. The molecule has 0 radical (unpaired) electrons. The van der Waals surface area contributed by atoms with Crippen molar-refractivity contribution in [1.29, 1.82) is 0 Å². The van der Waals surface area contributed by atoms with Gasteiger partial charge in [0.2, 0.25) is 0 Å². The van der Waals surface area contributed by atoms with E-state index in [1.54, 1.807) is 12.1 Å². The Hall–Kier alpha value is -0.560. The van der Waals surface area contributed by atoms with Crippen molar-refractivity contribution in [3.63, 3.8) is 0 Å². The maximum Gasteiger partial charge on any atom is 0.123 e. The van der Waals surface area contributed by atoms with Crippen LogP contribution >= 0.6 is 11.6 Å². The molecule has 0 spiro atoms. The lowest BCUT2D eigenvalue weighted by Crippen LogP contribution is -2.04. The SMILES string of the molecule is CC(Cl)C(C)c1ccc(F)cc1. The maximum absolute atomic E-state index is 12.5. The Balaban J connectivity index is 2.82. The molecule has 0 saturated heterocycles. The topological polar surface area (TPSA) is 0 Å². The maximum atomic E-state index is 12.5. The molecule has 0 aliphatic rings. The average molecular weight is 187 g/mol. The lowest BCUT2D eigenvalue weighted by molar-refractivity contribution is 0.625. The molecule has 0 bridgehead atoms. The van der Waals surface area contributed by atoms with Crippen LogP contribution in [-0.2, 0) is 0 Å². The van der Waals surface area contributed by atoms with E-state index in [1.165, 1.54) is 12.1 Å². The predicted molar refractivity (Wildman–Crippen MR) is 50.1 cm³/mol. The normalized spacial score (nSPS) is 15.7. The van der Waals surface area contributed by atoms with Crippen LogP contribution < -0.4 is 0 Å². The molecule has 0 fully saturated rings. The van der Waals surface area contributed by atoms with E-state index in [1.807, 2.05) is 13.8 Å². The summed E-state index contributed by atoms with van der Waals surface area (Å²) in [6.45, 7) is 3.97. The van der Waals surface area contributed by atoms with Gasteiger partial charge in [-0.3, -0.25) is 0 Å². The fraction of sp³-hybridized carbons (Fsp3) is 0.400. The van der Waals surface area contributed by atoms with E-state index in [2.05, 4.69) is 0 Å². The van der Waals surface area contributed by atoms with Gasteiger partial charge in [0.25, 0.3) is 0 Å². The molecule has 0 amide bonds. The van der Waals surface area contributed by atoms with Gasteiger partial charge in [-0.15, -0.1) is 11.6 Å². The highest BCUT2D eigenvalue weighted by molar-refractivity contribution is 6.20. The Bertz CT molecular complexity index is 241. The number of benzene rings is 1. The van der Waals surface area contributed by atoms with Gasteiger partial charge in [0.05, 0.1) is 0 Å². The fourth-order valence-electron chi connectivity index (χ4n) is 1.03. The van der Waals surface area contributed by atoms with Crippen LogP contribution in [0.15, 0.2) is 24.3 Å². The smallest absolute Gasteiger partial charge is 0.123 e. The van der Waals surface area contributed by atoms with Gasteiger partial charge in [-0.05, 0) is 30.5 Å². The van der Waals surface area contributed by atoms with E-state index in [0.717, 1.165) is 5.56 Å². The molecule has 0 aliphatic heterocycles. The van der Waals surface area contributed by atoms with Gasteiger partial charge in [-0.25, -0.2) is 4.39 Å². The number of hydrogen-bond acceptors (Lipinski definition) is 0. The molecule has 1 rings (SSSR count). The molecule has 0 nitrogen and oxygen atoms in total. The first-order valence-electron chi connectivity index (χ1n) is 4.01. The van der Waals surface area contributed by atoms with Crippen LogP contribution in [0.25, 0.3) is 0 Å². The van der Waals surface area contributed by atoms with Crippen molar-refractivity contribution in [2.24, 2.45) is 0 Å². The third-order valence-electron chi connectivity index (χ3n) is 2.08. The first-order valence-corrected chi connectivity index (χ1v) is 4.44. The van der Waals surface area contributed by atoms with E-state index in [-0.39, 0.29) is 17.1 Å².